The fraction of sp³-hybridized carbons (Fsp3) is 0. The number of hydrogen-bond donors (Lipinski definition) is 1. The maximum atomic E-state index is 12.9. The van der Waals surface area contributed by atoms with Crippen LogP contribution in [-0.2, 0) is 9.59 Å². The lowest BCUT2D eigenvalue weighted by Crippen LogP contribution is -2.54. The van der Waals surface area contributed by atoms with E-state index in [2.05, 4.69) is 21.2 Å². The Kier molecular flexibility index (Phi) is 5.10. The SMILES string of the molecule is O=C1NC(=O)N(c2ccc(Br)cc2)C(=O)/C1=C/c1ccc(-c2ccccc2)cc1. The molecule has 1 N–H and O–H groups in total. The Morgan fingerprint density at radius 1 is 0.759 bits per heavy atom. The summed E-state index contributed by atoms with van der Waals surface area (Å²) in [4.78, 5) is 38.4. The van der Waals surface area contributed by atoms with Crippen molar-refractivity contribution in [2.45, 2.75) is 0 Å². The number of rotatable bonds is 3. The summed E-state index contributed by atoms with van der Waals surface area (Å²) in [7, 11) is 0. The Morgan fingerprint density at radius 3 is 2.03 bits per heavy atom. The van der Waals surface area contributed by atoms with Gasteiger partial charge < -0.3 is 0 Å². The Balaban J connectivity index is 1.65. The number of nitrogens with one attached hydrogen (secondary N) is 1. The molecular formula is C23H15BrN2O3. The van der Waals surface area contributed by atoms with E-state index < -0.39 is 17.8 Å². The molecule has 0 saturated carbocycles. The van der Waals surface area contributed by atoms with Gasteiger partial charge in [-0.05, 0) is 47.0 Å². The first-order chi connectivity index (χ1) is 14.0. The van der Waals surface area contributed by atoms with Crippen molar-refractivity contribution in [1.29, 1.82) is 0 Å². The minimum Gasteiger partial charge on any atom is -0.273 e. The first-order valence-corrected chi connectivity index (χ1v) is 9.65. The first-order valence-electron chi connectivity index (χ1n) is 8.85. The number of imide groups is 2. The maximum absolute atomic E-state index is 12.9. The highest BCUT2D eigenvalue weighted by atomic mass is 79.9. The zero-order chi connectivity index (χ0) is 20.4. The van der Waals surface area contributed by atoms with Gasteiger partial charge in [-0.2, -0.15) is 0 Å². The van der Waals surface area contributed by atoms with Crippen LogP contribution in [-0.4, -0.2) is 17.8 Å². The van der Waals surface area contributed by atoms with Crippen LogP contribution in [0.15, 0.2) is 88.9 Å². The molecule has 1 fully saturated rings. The van der Waals surface area contributed by atoms with Gasteiger partial charge in [-0.15, -0.1) is 0 Å². The van der Waals surface area contributed by atoms with Crippen LogP contribution < -0.4 is 10.2 Å². The number of urea groups is 1. The van der Waals surface area contributed by atoms with E-state index in [1.807, 2.05) is 54.6 Å². The largest absolute Gasteiger partial charge is 0.335 e. The summed E-state index contributed by atoms with van der Waals surface area (Å²) in [5, 5.41) is 2.23. The molecule has 0 atom stereocenters. The van der Waals surface area contributed by atoms with Crippen LogP contribution in [0, 0.1) is 0 Å². The van der Waals surface area contributed by atoms with E-state index in [1.54, 1.807) is 24.3 Å². The van der Waals surface area contributed by atoms with Gasteiger partial charge in [-0.3, -0.25) is 14.9 Å². The van der Waals surface area contributed by atoms with Crippen molar-refractivity contribution >= 4 is 45.5 Å². The number of benzene rings is 3. The van der Waals surface area contributed by atoms with Gasteiger partial charge in [0.25, 0.3) is 11.8 Å². The molecule has 142 valence electrons. The lowest BCUT2D eigenvalue weighted by atomic mass is 10.0. The maximum Gasteiger partial charge on any atom is 0.335 e. The molecular weight excluding hydrogens is 432 g/mol. The molecule has 29 heavy (non-hydrogen) atoms. The molecule has 1 saturated heterocycles. The lowest BCUT2D eigenvalue weighted by Gasteiger charge is -2.26. The van der Waals surface area contributed by atoms with Crippen LogP contribution in [0.3, 0.4) is 0 Å². The summed E-state index contributed by atoms with van der Waals surface area (Å²) >= 11 is 3.32. The Morgan fingerprint density at radius 2 is 1.38 bits per heavy atom. The summed E-state index contributed by atoms with van der Waals surface area (Å²) in [5.74, 6) is -1.37. The summed E-state index contributed by atoms with van der Waals surface area (Å²) in [5.41, 5.74) is 3.07. The molecule has 0 radical (unpaired) electrons. The average molecular weight is 447 g/mol. The fourth-order valence-corrected chi connectivity index (χ4v) is 3.32. The number of carbonyl (C=O) groups is 3. The van der Waals surface area contributed by atoms with Crippen molar-refractivity contribution in [2.24, 2.45) is 0 Å². The van der Waals surface area contributed by atoms with Gasteiger partial charge in [0, 0.05) is 4.47 Å². The lowest BCUT2D eigenvalue weighted by molar-refractivity contribution is -0.122. The molecule has 5 nitrogen and oxygen atoms in total. The van der Waals surface area contributed by atoms with Crippen molar-refractivity contribution in [2.75, 3.05) is 4.90 Å². The second-order valence-electron chi connectivity index (χ2n) is 6.42. The van der Waals surface area contributed by atoms with E-state index in [1.165, 1.54) is 6.08 Å². The molecule has 3 aromatic carbocycles. The molecule has 0 aromatic heterocycles. The minimum absolute atomic E-state index is 0.0972. The van der Waals surface area contributed by atoms with Crippen molar-refractivity contribution in [3.8, 4) is 11.1 Å². The van der Waals surface area contributed by atoms with Crippen LogP contribution in [0.5, 0.6) is 0 Å². The third kappa shape index (κ3) is 3.88. The van der Waals surface area contributed by atoms with Crippen molar-refractivity contribution < 1.29 is 14.4 Å². The Hall–Kier alpha value is -3.51. The number of hydrogen-bond acceptors (Lipinski definition) is 3. The first kappa shape index (κ1) is 18.8. The molecule has 1 aliphatic rings. The quantitative estimate of drug-likeness (QED) is 0.464. The molecule has 0 aliphatic carbocycles. The molecule has 4 amide bonds. The fourth-order valence-electron chi connectivity index (χ4n) is 3.05. The van der Waals surface area contributed by atoms with E-state index >= 15 is 0 Å². The van der Waals surface area contributed by atoms with E-state index in [0.29, 0.717) is 11.3 Å². The number of halogens is 1. The van der Waals surface area contributed by atoms with Crippen molar-refractivity contribution in [3.63, 3.8) is 0 Å². The van der Waals surface area contributed by atoms with Gasteiger partial charge in [0.2, 0.25) is 0 Å². The highest BCUT2D eigenvalue weighted by Gasteiger charge is 2.36. The molecule has 6 heteroatoms. The zero-order valence-electron chi connectivity index (χ0n) is 15.1. The average Bonchev–Trinajstić information content (AvgIpc) is 2.73. The molecule has 3 aromatic rings. The van der Waals surface area contributed by atoms with Gasteiger partial charge >= 0.3 is 6.03 Å². The molecule has 0 spiro atoms. The summed E-state index contributed by atoms with van der Waals surface area (Å²) in [6.45, 7) is 0. The standard InChI is InChI=1S/C23H15BrN2O3/c24-18-10-12-19(13-11-18)26-22(28)20(21(27)25-23(26)29)14-15-6-8-17(9-7-15)16-4-2-1-3-5-16/h1-14H,(H,25,27,29)/b20-14+. The van der Waals surface area contributed by atoms with E-state index in [4.69, 9.17) is 0 Å². The molecule has 1 heterocycles. The van der Waals surface area contributed by atoms with E-state index in [-0.39, 0.29) is 5.57 Å². The third-order valence-corrected chi connectivity index (χ3v) is 5.04. The number of nitrogens with zero attached hydrogens (tertiary/aromatic N) is 1. The van der Waals surface area contributed by atoms with Gasteiger partial charge in [0.15, 0.2) is 0 Å². The van der Waals surface area contributed by atoms with Crippen LogP contribution >= 0.6 is 15.9 Å². The van der Waals surface area contributed by atoms with Gasteiger partial charge in [0.1, 0.15) is 5.57 Å². The van der Waals surface area contributed by atoms with Crippen LogP contribution in [0.2, 0.25) is 0 Å². The third-order valence-electron chi connectivity index (χ3n) is 4.52. The van der Waals surface area contributed by atoms with Crippen LogP contribution in [0.25, 0.3) is 17.2 Å². The number of barbiturate groups is 1. The molecule has 0 unspecified atom stereocenters. The monoisotopic (exact) mass is 446 g/mol. The minimum atomic E-state index is -0.765. The summed E-state index contributed by atoms with van der Waals surface area (Å²) < 4.78 is 0.816. The summed E-state index contributed by atoms with van der Waals surface area (Å²) in [6.07, 6.45) is 1.49. The number of amides is 4. The smallest absolute Gasteiger partial charge is 0.273 e. The van der Waals surface area contributed by atoms with Gasteiger partial charge in [0.05, 0.1) is 5.69 Å². The number of carbonyl (C=O) groups excluding carboxylic acids is 3. The van der Waals surface area contributed by atoms with E-state index in [9.17, 15) is 14.4 Å². The second-order valence-corrected chi connectivity index (χ2v) is 7.34. The zero-order valence-corrected chi connectivity index (χ0v) is 16.7. The van der Waals surface area contributed by atoms with Crippen molar-refractivity contribution in [1.82, 2.24) is 5.32 Å². The predicted molar refractivity (Wildman–Crippen MR) is 115 cm³/mol. The topological polar surface area (TPSA) is 66.5 Å². The number of anilines is 1. The van der Waals surface area contributed by atoms with Crippen LogP contribution in [0.4, 0.5) is 10.5 Å². The molecule has 4 rings (SSSR count). The summed E-state index contributed by atoms with van der Waals surface area (Å²) in [6, 6.07) is 23.3. The van der Waals surface area contributed by atoms with Crippen LogP contribution in [0.1, 0.15) is 5.56 Å². The Bertz CT molecular complexity index is 1120. The predicted octanol–water partition coefficient (Wildman–Crippen LogP) is 4.78. The highest BCUT2D eigenvalue weighted by Crippen LogP contribution is 2.25. The van der Waals surface area contributed by atoms with E-state index in [0.717, 1.165) is 20.5 Å². The van der Waals surface area contributed by atoms with Crippen molar-refractivity contribution in [3.05, 3.63) is 94.5 Å². The Labute approximate surface area is 175 Å². The van der Waals surface area contributed by atoms with Gasteiger partial charge in [-0.25, -0.2) is 9.69 Å². The van der Waals surface area contributed by atoms with Gasteiger partial charge in [-0.1, -0.05) is 70.5 Å². The molecule has 0 bridgehead atoms. The molecule has 1 aliphatic heterocycles. The normalized spacial score (nSPS) is 15.6. The highest BCUT2D eigenvalue weighted by molar-refractivity contribution is 9.10. The second kappa shape index (κ2) is 7.85.